The van der Waals surface area contributed by atoms with Crippen LogP contribution in [0.4, 0.5) is 10.5 Å². The third-order valence-electron chi connectivity index (χ3n) is 4.26. The van der Waals surface area contributed by atoms with Crippen molar-refractivity contribution in [2.45, 2.75) is 46.3 Å². The molecule has 1 aliphatic heterocycles. The van der Waals surface area contributed by atoms with Gasteiger partial charge in [0.15, 0.2) is 0 Å². The first-order valence-corrected chi connectivity index (χ1v) is 8.80. The van der Waals surface area contributed by atoms with E-state index in [2.05, 4.69) is 10.6 Å². The van der Waals surface area contributed by atoms with Gasteiger partial charge in [-0.25, -0.2) is 9.59 Å². The fraction of sp³-hybridized carbons (Fsp3) is 0.444. The molecule has 0 saturated carbocycles. The third-order valence-corrected chi connectivity index (χ3v) is 4.26. The van der Waals surface area contributed by atoms with Crippen LogP contribution in [-0.2, 0) is 9.53 Å². The number of ether oxygens (including phenoxy) is 2. The Labute approximate surface area is 161 Å². The standard InChI is InChI=1S/C18H23N3O7/c1-5-9(3)28-17(23)14-10(4)19-18(24)20-15(14)11-7-12(21(25)26)16(22)13(8-11)27-6-2/h7-9,15,22H,5-6H2,1-4H3,(H2,19,20,24)/p-1/t9-,15+/m1/s1. The molecule has 0 radical (unpaired) electrons. The molecule has 0 saturated heterocycles. The van der Waals surface area contributed by atoms with Gasteiger partial charge in [0.05, 0.1) is 29.2 Å². The lowest BCUT2D eigenvalue weighted by molar-refractivity contribution is -0.398. The van der Waals surface area contributed by atoms with Crippen LogP contribution in [0.2, 0.25) is 0 Å². The van der Waals surface area contributed by atoms with E-state index in [0.717, 1.165) is 6.07 Å². The Morgan fingerprint density at radius 2 is 2.04 bits per heavy atom. The fourth-order valence-electron chi connectivity index (χ4n) is 2.72. The highest BCUT2D eigenvalue weighted by Crippen LogP contribution is 2.39. The number of nitro benzene ring substituents is 1. The molecule has 10 nitrogen and oxygen atoms in total. The number of hydrogen-bond donors (Lipinski definition) is 2. The number of amides is 2. The van der Waals surface area contributed by atoms with E-state index in [1.807, 2.05) is 6.92 Å². The van der Waals surface area contributed by atoms with Crippen molar-refractivity contribution in [3.05, 3.63) is 39.1 Å². The summed E-state index contributed by atoms with van der Waals surface area (Å²) >= 11 is 0. The molecular formula is C18H22N3O7-. The lowest BCUT2D eigenvalue weighted by Gasteiger charge is -2.29. The Hall–Kier alpha value is -3.30. The van der Waals surface area contributed by atoms with Crippen LogP contribution in [0.25, 0.3) is 0 Å². The first-order chi connectivity index (χ1) is 13.2. The Balaban J connectivity index is 2.58. The molecule has 10 heteroatoms. The van der Waals surface area contributed by atoms with Crippen LogP contribution in [-0.4, -0.2) is 29.6 Å². The van der Waals surface area contributed by atoms with Gasteiger partial charge in [-0.3, -0.25) is 10.1 Å². The van der Waals surface area contributed by atoms with Crippen molar-refractivity contribution in [2.75, 3.05) is 6.61 Å². The fourth-order valence-corrected chi connectivity index (χ4v) is 2.72. The van der Waals surface area contributed by atoms with Crippen LogP contribution in [0.15, 0.2) is 23.4 Å². The number of carbonyl (C=O) groups excluding carboxylic acids is 2. The van der Waals surface area contributed by atoms with Crippen LogP contribution < -0.4 is 20.5 Å². The summed E-state index contributed by atoms with van der Waals surface area (Å²) in [5.74, 6) is -1.77. The monoisotopic (exact) mass is 392 g/mol. The third kappa shape index (κ3) is 4.33. The maximum Gasteiger partial charge on any atom is 0.338 e. The molecule has 2 N–H and O–H groups in total. The predicted octanol–water partition coefficient (Wildman–Crippen LogP) is 2.04. The number of benzene rings is 1. The van der Waals surface area contributed by atoms with Crippen molar-refractivity contribution in [1.82, 2.24) is 10.6 Å². The van der Waals surface area contributed by atoms with Crippen LogP contribution in [0.1, 0.15) is 45.7 Å². The van der Waals surface area contributed by atoms with E-state index in [1.165, 1.54) is 13.0 Å². The molecule has 1 aromatic rings. The van der Waals surface area contributed by atoms with Gasteiger partial charge < -0.3 is 25.2 Å². The first-order valence-electron chi connectivity index (χ1n) is 8.80. The van der Waals surface area contributed by atoms with Crippen molar-refractivity contribution in [3.63, 3.8) is 0 Å². The Morgan fingerprint density at radius 3 is 2.61 bits per heavy atom. The first kappa shape index (κ1) is 21.0. The Bertz CT molecular complexity index is 835. The number of nitrogens with zero attached hydrogens (tertiary/aromatic N) is 1. The molecule has 0 aromatic heterocycles. The van der Waals surface area contributed by atoms with E-state index >= 15 is 0 Å². The van der Waals surface area contributed by atoms with Crippen LogP contribution in [0.3, 0.4) is 0 Å². The van der Waals surface area contributed by atoms with Gasteiger partial charge in [-0.15, -0.1) is 0 Å². The number of rotatable bonds is 7. The van der Waals surface area contributed by atoms with E-state index in [1.54, 1.807) is 13.8 Å². The predicted molar refractivity (Wildman–Crippen MR) is 96.7 cm³/mol. The second kappa shape index (κ2) is 8.59. The van der Waals surface area contributed by atoms with E-state index in [0.29, 0.717) is 6.42 Å². The lowest BCUT2D eigenvalue weighted by Crippen LogP contribution is -2.45. The summed E-state index contributed by atoms with van der Waals surface area (Å²) in [6, 6.07) is 0.697. The van der Waals surface area contributed by atoms with E-state index < -0.39 is 34.4 Å². The van der Waals surface area contributed by atoms with Crippen molar-refractivity contribution < 1.29 is 29.1 Å². The molecule has 28 heavy (non-hydrogen) atoms. The Kier molecular flexibility index (Phi) is 6.45. The number of urea groups is 1. The number of carbonyl (C=O) groups is 2. The van der Waals surface area contributed by atoms with Crippen LogP contribution in [0, 0.1) is 10.1 Å². The molecule has 0 bridgehead atoms. The van der Waals surface area contributed by atoms with E-state index in [4.69, 9.17) is 9.47 Å². The van der Waals surface area contributed by atoms with Gasteiger partial charge in [-0.1, -0.05) is 6.92 Å². The van der Waals surface area contributed by atoms with Gasteiger partial charge in [0, 0.05) is 17.5 Å². The molecule has 152 valence electrons. The normalized spacial score (nSPS) is 17.4. The summed E-state index contributed by atoms with van der Waals surface area (Å²) in [4.78, 5) is 35.1. The second-order valence-electron chi connectivity index (χ2n) is 6.25. The SMILES string of the molecule is CCOc1cc([C@@H]2NC(=O)NC(C)=C2C(=O)O[C@H](C)CC)cc([N+](=O)[O-])c1[O-]. The molecule has 1 aromatic carbocycles. The summed E-state index contributed by atoms with van der Waals surface area (Å²) < 4.78 is 10.6. The minimum Gasteiger partial charge on any atom is -0.865 e. The smallest absolute Gasteiger partial charge is 0.338 e. The zero-order valence-corrected chi connectivity index (χ0v) is 16.0. The minimum absolute atomic E-state index is 0.0929. The van der Waals surface area contributed by atoms with Gasteiger partial charge in [-0.2, -0.15) is 0 Å². The molecule has 2 atom stereocenters. The van der Waals surface area contributed by atoms with Gasteiger partial charge in [-0.05, 0) is 38.8 Å². The minimum atomic E-state index is -1.04. The highest BCUT2D eigenvalue weighted by Gasteiger charge is 2.34. The Morgan fingerprint density at radius 1 is 1.36 bits per heavy atom. The average molecular weight is 392 g/mol. The quantitative estimate of drug-likeness (QED) is 0.410. The van der Waals surface area contributed by atoms with Gasteiger partial charge >= 0.3 is 12.0 Å². The maximum atomic E-state index is 12.7. The van der Waals surface area contributed by atoms with E-state index in [-0.39, 0.29) is 35.3 Å². The van der Waals surface area contributed by atoms with Gasteiger partial charge in [0.1, 0.15) is 5.75 Å². The van der Waals surface area contributed by atoms with E-state index in [9.17, 15) is 24.8 Å². The van der Waals surface area contributed by atoms with Crippen LogP contribution in [0.5, 0.6) is 11.5 Å². The molecule has 0 aliphatic carbocycles. The molecule has 0 fully saturated rings. The molecule has 0 unspecified atom stereocenters. The molecule has 1 aliphatic rings. The number of nitro groups is 1. The lowest BCUT2D eigenvalue weighted by atomic mass is 9.94. The largest absolute Gasteiger partial charge is 0.865 e. The van der Waals surface area contributed by atoms with Crippen molar-refractivity contribution in [3.8, 4) is 11.5 Å². The summed E-state index contributed by atoms with van der Waals surface area (Å²) in [7, 11) is 0. The number of allylic oxidation sites excluding steroid dienone is 1. The van der Waals surface area contributed by atoms with Crippen molar-refractivity contribution >= 4 is 17.7 Å². The highest BCUT2D eigenvalue weighted by molar-refractivity contribution is 5.95. The second-order valence-corrected chi connectivity index (χ2v) is 6.25. The number of esters is 1. The zero-order valence-electron chi connectivity index (χ0n) is 16.0. The zero-order chi connectivity index (χ0) is 21.0. The maximum absolute atomic E-state index is 12.7. The molecular weight excluding hydrogens is 370 g/mol. The topological polar surface area (TPSA) is 143 Å². The van der Waals surface area contributed by atoms with Crippen molar-refractivity contribution in [2.24, 2.45) is 0 Å². The summed E-state index contributed by atoms with van der Waals surface area (Å²) in [6.07, 6.45) is 0.233. The molecule has 2 amide bonds. The van der Waals surface area contributed by atoms with Crippen LogP contribution >= 0.6 is 0 Å². The summed E-state index contributed by atoms with van der Waals surface area (Å²) in [5, 5.41) is 28.5. The summed E-state index contributed by atoms with van der Waals surface area (Å²) in [5.41, 5.74) is -0.190. The average Bonchev–Trinajstić information content (AvgIpc) is 2.62. The molecule has 2 rings (SSSR count). The van der Waals surface area contributed by atoms with Crippen molar-refractivity contribution in [1.29, 1.82) is 0 Å². The number of nitrogens with one attached hydrogen (secondary N) is 2. The van der Waals surface area contributed by atoms with Gasteiger partial charge in [0.2, 0.25) is 0 Å². The molecule has 1 heterocycles. The number of hydrogen-bond acceptors (Lipinski definition) is 7. The van der Waals surface area contributed by atoms with Gasteiger partial charge in [0.25, 0.3) is 5.69 Å². The summed E-state index contributed by atoms with van der Waals surface area (Å²) in [6.45, 7) is 6.85. The highest BCUT2D eigenvalue weighted by atomic mass is 16.6. The molecule has 0 spiro atoms.